The summed E-state index contributed by atoms with van der Waals surface area (Å²) in [5.41, 5.74) is 3.76. The van der Waals surface area contributed by atoms with E-state index in [1.807, 2.05) is 6.92 Å². The largest absolute Gasteiger partial charge is 0.323 e. The van der Waals surface area contributed by atoms with Crippen molar-refractivity contribution in [3.8, 4) is 0 Å². The van der Waals surface area contributed by atoms with Crippen LogP contribution in [0.5, 0.6) is 0 Å². The molecule has 2 aromatic rings. The van der Waals surface area contributed by atoms with Crippen molar-refractivity contribution in [2.45, 2.75) is 11.8 Å². The van der Waals surface area contributed by atoms with E-state index >= 15 is 0 Å². The van der Waals surface area contributed by atoms with Crippen LogP contribution in [0.15, 0.2) is 41.6 Å². The second-order valence-electron chi connectivity index (χ2n) is 4.10. The molecule has 0 atom stereocenters. The minimum absolute atomic E-state index is 0.0555. The Kier molecular flexibility index (Phi) is 4.12. The molecule has 0 fully saturated rings. The minimum Gasteiger partial charge on any atom is -0.323 e. The van der Waals surface area contributed by atoms with Gasteiger partial charge in [-0.15, -0.1) is 0 Å². The zero-order chi connectivity index (χ0) is 14.8. The van der Waals surface area contributed by atoms with Crippen molar-refractivity contribution < 1.29 is 8.42 Å². The van der Waals surface area contributed by atoms with Crippen LogP contribution in [0.3, 0.4) is 0 Å². The van der Waals surface area contributed by atoms with Gasteiger partial charge in [0, 0.05) is 12.4 Å². The van der Waals surface area contributed by atoms with Gasteiger partial charge in [-0.3, -0.25) is 15.5 Å². The summed E-state index contributed by atoms with van der Waals surface area (Å²) in [4.78, 5) is 3.74. The molecule has 0 aliphatic carbocycles. The van der Waals surface area contributed by atoms with E-state index < -0.39 is 10.0 Å². The van der Waals surface area contributed by atoms with Crippen molar-refractivity contribution in [2.24, 2.45) is 5.84 Å². The fourth-order valence-corrected chi connectivity index (χ4v) is 3.04. The molecule has 0 saturated carbocycles. The van der Waals surface area contributed by atoms with Gasteiger partial charge in [-0.05, 0) is 30.7 Å². The Morgan fingerprint density at radius 1 is 1.25 bits per heavy atom. The standard InChI is InChI=1S/C12H13ClN4O2S/c1-8-2-3-9(13)11(6-8)17-20(18,19)12-7-15-5-4-10(12)16-14/h2-7,17H,14H2,1H3,(H,15,16). The second kappa shape index (κ2) is 5.66. The highest BCUT2D eigenvalue weighted by Gasteiger charge is 2.19. The molecule has 0 aliphatic heterocycles. The topological polar surface area (TPSA) is 97.1 Å². The molecule has 0 amide bonds. The number of benzene rings is 1. The van der Waals surface area contributed by atoms with Crippen LogP contribution in [0, 0.1) is 6.92 Å². The molecule has 0 radical (unpaired) electrons. The Labute approximate surface area is 122 Å². The summed E-state index contributed by atoms with van der Waals surface area (Å²) in [5, 5.41) is 0.310. The number of rotatable bonds is 4. The quantitative estimate of drug-likeness (QED) is 0.593. The number of hydrogen-bond acceptors (Lipinski definition) is 5. The molecule has 106 valence electrons. The van der Waals surface area contributed by atoms with E-state index in [1.165, 1.54) is 18.5 Å². The van der Waals surface area contributed by atoms with Crippen LogP contribution in [0.4, 0.5) is 11.4 Å². The lowest BCUT2D eigenvalue weighted by Gasteiger charge is -2.12. The SMILES string of the molecule is Cc1ccc(Cl)c(NS(=O)(=O)c2cnccc2NN)c1. The molecule has 0 saturated heterocycles. The van der Waals surface area contributed by atoms with Crippen molar-refractivity contribution in [3.05, 3.63) is 47.2 Å². The molecule has 1 aromatic carbocycles. The number of hydrazine groups is 1. The monoisotopic (exact) mass is 312 g/mol. The number of sulfonamides is 1. The van der Waals surface area contributed by atoms with Gasteiger partial charge < -0.3 is 5.43 Å². The highest BCUT2D eigenvalue weighted by atomic mass is 35.5. The lowest BCUT2D eigenvalue weighted by atomic mass is 10.2. The van der Waals surface area contributed by atoms with Crippen molar-refractivity contribution in [2.75, 3.05) is 10.1 Å². The Morgan fingerprint density at radius 3 is 2.70 bits per heavy atom. The lowest BCUT2D eigenvalue weighted by Crippen LogP contribution is -2.18. The molecule has 0 spiro atoms. The third-order valence-electron chi connectivity index (χ3n) is 2.60. The van der Waals surface area contributed by atoms with Crippen molar-refractivity contribution in [1.82, 2.24) is 4.98 Å². The molecular weight excluding hydrogens is 300 g/mol. The number of halogens is 1. The summed E-state index contributed by atoms with van der Waals surface area (Å²) < 4.78 is 27.1. The zero-order valence-electron chi connectivity index (χ0n) is 10.6. The fraction of sp³-hybridized carbons (Fsp3) is 0.0833. The van der Waals surface area contributed by atoms with Gasteiger partial charge in [0.25, 0.3) is 10.0 Å². The van der Waals surface area contributed by atoms with Crippen molar-refractivity contribution in [3.63, 3.8) is 0 Å². The van der Waals surface area contributed by atoms with Crippen LogP contribution in [0.25, 0.3) is 0 Å². The third-order valence-corrected chi connectivity index (χ3v) is 4.32. The van der Waals surface area contributed by atoms with Gasteiger partial charge in [0.2, 0.25) is 0 Å². The number of nitrogens with zero attached hydrogens (tertiary/aromatic N) is 1. The first kappa shape index (κ1) is 14.6. The van der Waals surface area contributed by atoms with Gasteiger partial charge in [-0.1, -0.05) is 17.7 Å². The maximum atomic E-state index is 12.3. The summed E-state index contributed by atoms with van der Waals surface area (Å²) >= 11 is 5.98. The van der Waals surface area contributed by atoms with E-state index in [4.69, 9.17) is 17.4 Å². The molecule has 6 nitrogen and oxygen atoms in total. The Morgan fingerprint density at radius 2 is 2.00 bits per heavy atom. The molecule has 20 heavy (non-hydrogen) atoms. The number of nitrogen functional groups attached to an aromatic ring is 1. The summed E-state index contributed by atoms with van der Waals surface area (Å²) in [6.07, 6.45) is 2.65. The molecule has 8 heteroatoms. The predicted octanol–water partition coefficient (Wildman–Crippen LogP) is 2.13. The summed E-state index contributed by atoms with van der Waals surface area (Å²) in [7, 11) is -3.83. The minimum atomic E-state index is -3.83. The van der Waals surface area contributed by atoms with E-state index in [0.29, 0.717) is 10.7 Å². The smallest absolute Gasteiger partial charge is 0.265 e. The first-order valence-electron chi connectivity index (χ1n) is 5.63. The molecule has 0 bridgehead atoms. The molecule has 2 rings (SSSR count). The number of aryl methyl sites for hydroxylation is 1. The number of nitrogens with one attached hydrogen (secondary N) is 2. The van der Waals surface area contributed by atoms with Crippen LogP contribution in [-0.2, 0) is 10.0 Å². The molecule has 0 aliphatic rings. The van der Waals surface area contributed by atoms with E-state index in [-0.39, 0.29) is 10.6 Å². The summed E-state index contributed by atoms with van der Waals surface area (Å²) in [6.45, 7) is 1.84. The van der Waals surface area contributed by atoms with Crippen molar-refractivity contribution >= 4 is 33.0 Å². The van der Waals surface area contributed by atoms with E-state index in [9.17, 15) is 8.42 Å². The van der Waals surface area contributed by atoms with Crippen LogP contribution < -0.4 is 16.0 Å². The zero-order valence-corrected chi connectivity index (χ0v) is 12.2. The van der Waals surface area contributed by atoms with Crippen molar-refractivity contribution in [1.29, 1.82) is 0 Å². The van der Waals surface area contributed by atoms with Crippen LogP contribution in [0.1, 0.15) is 5.56 Å². The number of anilines is 2. The number of aromatic nitrogens is 1. The highest BCUT2D eigenvalue weighted by Crippen LogP contribution is 2.27. The lowest BCUT2D eigenvalue weighted by molar-refractivity contribution is 0.601. The third kappa shape index (κ3) is 3.01. The number of hydrogen-bond donors (Lipinski definition) is 3. The maximum Gasteiger partial charge on any atom is 0.265 e. The predicted molar refractivity (Wildman–Crippen MR) is 79.0 cm³/mol. The molecule has 0 unspecified atom stereocenters. The number of pyridine rings is 1. The molecule has 1 heterocycles. The van der Waals surface area contributed by atoms with Gasteiger partial charge >= 0.3 is 0 Å². The molecule has 1 aromatic heterocycles. The average molecular weight is 313 g/mol. The fourth-order valence-electron chi connectivity index (χ4n) is 1.63. The Balaban J connectivity index is 2.43. The summed E-state index contributed by atoms with van der Waals surface area (Å²) in [5.74, 6) is 5.30. The van der Waals surface area contributed by atoms with E-state index in [1.54, 1.807) is 18.2 Å². The first-order chi connectivity index (χ1) is 9.44. The second-order valence-corrected chi connectivity index (χ2v) is 6.16. The van der Waals surface area contributed by atoms with E-state index in [0.717, 1.165) is 5.56 Å². The van der Waals surface area contributed by atoms with Crippen LogP contribution in [-0.4, -0.2) is 13.4 Å². The van der Waals surface area contributed by atoms with Crippen LogP contribution in [0.2, 0.25) is 5.02 Å². The Bertz CT molecular complexity index is 734. The highest BCUT2D eigenvalue weighted by molar-refractivity contribution is 7.92. The summed E-state index contributed by atoms with van der Waals surface area (Å²) in [6, 6.07) is 6.52. The molecular formula is C12H13ClN4O2S. The Hall–Kier alpha value is -1.83. The first-order valence-corrected chi connectivity index (χ1v) is 7.50. The van der Waals surface area contributed by atoms with Gasteiger partial charge in [-0.2, -0.15) is 0 Å². The molecule has 4 N–H and O–H groups in total. The van der Waals surface area contributed by atoms with Gasteiger partial charge in [0.15, 0.2) is 0 Å². The maximum absolute atomic E-state index is 12.3. The van der Waals surface area contributed by atoms with E-state index in [2.05, 4.69) is 15.1 Å². The van der Waals surface area contributed by atoms with Gasteiger partial charge in [0.1, 0.15) is 4.90 Å². The normalized spacial score (nSPS) is 11.2. The van der Waals surface area contributed by atoms with Gasteiger partial charge in [-0.25, -0.2) is 8.42 Å². The average Bonchev–Trinajstić information content (AvgIpc) is 2.42. The number of nitrogens with two attached hydrogens (primary N) is 1. The van der Waals surface area contributed by atoms with Gasteiger partial charge in [0.05, 0.1) is 16.4 Å². The van der Waals surface area contributed by atoms with Crippen LogP contribution >= 0.6 is 11.6 Å².